The van der Waals surface area contributed by atoms with Crippen molar-refractivity contribution in [2.24, 2.45) is 0 Å². The van der Waals surface area contributed by atoms with Crippen LogP contribution in [0.2, 0.25) is 0 Å². The number of carbonyl (C=O) groups is 1. The van der Waals surface area contributed by atoms with Crippen molar-refractivity contribution in [2.45, 2.75) is 94.8 Å². The van der Waals surface area contributed by atoms with E-state index in [1.165, 1.54) is 24.6 Å². The van der Waals surface area contributed by atoms with Crippen molar-refractivity contribution >= 4 is 17.7 Å². The van der Waals surface area contributed by atoms with E-state index in [9.17, 15) is 4.79 Å². The van der Waals surface area contributed by atoms with E-state index < -0.39 is 0 Å². The van der Waals surface area contributed by atoms with Crippen LogP contribution in [0.25, 0.3) is 0 Å². The molecule has 0 radical (unpaired) electrons. The summed E-state index contributed by atoms with van der Waals surface area (Å²) >= 11 is 1.53. The lowest BCUT2D eigenvalue weighted by molar-refractivity contribution is -0.120. The largest absolute Gasteiger partial charge is 0.352 e. The fourth-order valence-electron chi connectivity index (χ4n) is 3.54. The molecule has 1 aromatic rings. The van der Waals surface area contributed by atoms with E-state index in [0.717, 1.165) is 49.6 Å². The van der Waals surface area contributed by atoms with Gasteiger partial charge >= 0.3 is 0 Å². The van der Waals surface area contributed by atoms with Gasteiger partial charge in [0, 0.05) is 12.6 Å². The number of nitrogens with zero attached hydrogens (tertiary/aromatic N) is 4. The molecule has 0 aromatic carbocycles. The van der Waals surface area contributed by atoms with Crippen molar-refractivity contribution in [1.82, 2.24) is 25.0 Å². The summed E-state index contributed by atoms with van der Waals surface area (Å²) in [6, 6.07) is 0.605. The molecule has 26 heavy (non-hydrogen) atoms. The second-order valence-corrected chi connectivity index (χ2v) is 8.79. The molecular formula is C19H35N5OS. The van der Waals surface area contributed by atoms with Crippen LogP contribution in [0.1, 0.15) is 77.6 Å². The Morgan fingerprint density at radius 1 is 1.31 bits per heavy atom. The third-order valence-electron chi connectivity index (χ3n) is 5.14. The monoisotopic (exact) mass is 381 g/mol. The van der Waals surface area contributed by atoms with E-state index in [2.05, 4.69) is 52.9 Å². The Morgan fingerprint density at radius 3 is 2.58 bits per heavy atom. The van der Waals surface area contributed by atoms with Crippen molar-refractivity contribution in [3.63, 3.8) is 0 Å². The summed E-state index contributed by atoms with van der Waals surface area (Å²) in [7, 11) is 4.16. The zero-order chi connectivity index (χ0) is 19.1. The standard InChI is InChI=1S/C19H35N5OS/c1-6-8-13-24-17(16(7-2)23(4)5)21-22-19(24)26-14(3)18(25)20-15-11-9-10-12-15/h14-16H,6-13H2,1-5H3,(H,20,25). The zero-order valence-electron chi connectivity index (χ0n) is 17.0. The number of thioether (sulfide) groups is 1. The fourth-order valence-corrected chi connectivity index (χ4v) is 4.43. The quantitative estimate of drug-likeness (QED) is 0.627. The zero-order valence-corrected chi connectivity index (χ0v) is 17.8. The van der Waals surface area contributed by atoms with Crippen LogP contribution in [0.5, 0.6) is 0 Å². The molecule has 1 amide bonds. The minimum Gasteiger partial charge on any atom is -0.352 e. The van der Waals surface area contributed by atoms with Gasteiger partial charge in [-0.3, -0.25) is 9.69 Å². The highest BCUT2D eigenvalue weighted by Gasteiger charge is 2.26. The topological polar surface area (TPSA) is 63.1 Å². The Kier molecular flexibility index (Phi) is 8.41. The predicted octanol–water partition coefficient (Wildman–Crippen LogP) is 3.63. The molecule has 6 nitrogen and oxygen atoms in total. The number of hydrogen-bond acceptors (Lipinski definition) is 5. The molecule has 0 spiro atoms. The minimum atomic E-state index is -0.160. The second kappa shape index (κ2) is 10.3. The summed E-state index contributed by atoms with van der Waals surface area (Å²) < 4.78 is 2.22. The van der Waals surface area contributed by atoms with Crippen molar-refractivity contribution in [1.29, 1.82) is 0 Å². The highest BCUT2D eigenvalue weighted by molar-refractivity contribution is 8.00. The van der Waals surface area contributed by atoms with Crippen LogP contribution in [0.15, 0.2) is 5.16 Å². The van der Waals surface area contributed by atoms with Gasteiger partial charge in [-0.2, -0.15) is 0 Å². The maximum Gasteiger partial charge on any atom is 0.233 e. The van der Waals surface area contributed by atoms with Gasteiger partial charge in [-0.15, -0.1) is 10.2 Å². The van der Waals surface area contributed by atoms with E-state index in [0.29, 0.717) is 6.04 Å². The third kappa shape index (κ3) is 5.46. The molecule has 0 saturated heterocycles. The van der Waals surface area contributed by atoms with E-state index >= 15 is 0 Å². The van der Waals surface area contributed by atoms with Gasteiger partial charge in [-0.1, -0.05) is 44.9 Å². The molecule has 1 N–H and O–H groups in total. The summed E-state index contributed by atoms with van der Waals surface area (Å²) in [4.78, 5) is 14.7. The molecule has 1 saturated carbocycles. The van der Waals surface area contributed by atoms with Crippen LogP contribution < -0.4 is 5.32 Å². The van der Waals surface area contributed by atoms with Gasteiger partial charge in [0.25, 0.3) is 0 Å². The molecule has 1 aromatic heterocycles. The number of unbranched alkanes of at least 4 members (excludes halogenated alkanes) is 1. The molecule has 7 heteroatoms. The first-order valence-electron chi connectivity index (χ1n) is 10.0. The van der Waals surface area contributed by atoms with E-state index in [-0.39, 0.29) is 17.2 Å². The van der Waals surface area contributed by atoms with Crippen molar-refractivity contribution < 1.29 is 4.79 Å². The lowest BCUT2D eigenvalue weighted by atomic mass is 10.2. The summed E-state index contributed by atoms with van der Waals surface area (Å²) in [6.07, 6.45) is 7.87. The smallest absolute Gasteiger partial charge is 0.233 e. The number of amides is 1. The first-order valence-corrected chi connectivity index (χ1v) is 10.9. The normalized spacial score (nSPS) is 17.6. The summed E-state index contributed by atoms with van der Waals surface area (Å²) in [5.74, 6) is 1.13. The summed E-state index contributed by atoms with van der Waals surface area (Å²) in [5, 5.41) is 12.8. The van der Waals surface area contributed by atoms with Gasteiger partial charge in [0.2, 0.25) is 5.91 Å². The van der Waals surface area contributed by atoms with Crippen LogP contribution in [0.3, 0.4) is 0 Å². The number of aromatic nitrogens is 3. The second-order valence-electron chi connectivity index (χ2n) is 7.48. The van der Waals surface area contributed by atoms with Gasteiger partial charge in [-0.25, -0.2) is 0 Å². The van der Waals surface area contributed by atoms with E-state index in [1.807, 2.05) is 6.92 Å². The van der Waals surface area contributed by atoms with Crippen LogP contribution >= 0.6 is 11.8 Å². The van der Waals surface area contributed by atoms with Gasteiger partial charge < -0.3 is 9.88 Å². The van der Waals surface area contributed by atoms with Crippen LogP contribution in [-0.4, -0.2) is 51.0 Å². The predicted molar refractivity (Wildman–Crippen MR) is 107 cm³/mol. The molecule has 1 aliphatic rings. The summed E-state index contributed by atoms with van der Waals surface area (Å²) in [6.45, 7) is 7.24. The van der Waals surface area contributed by atoms with Crippen molar-refractivity contribution in [3.05, 3.63) is 5.82 Å². The number of hydrogen-bond donors (Lipinski definition) is 1. The van der Waals surface area contributed by atoms with E-state index in [4.69, 9.17) is 0 Å². The Balaban J connectivity index is 2.11. The van der Waals surface area contributed by atoms with Crippen LogP contribution in [0.4, 0.5) is 0 Å². The Labute approximate surface area is 162 Å². The average molecular weight is 382 g/mol. The van der Waals surface area contributed by atoms with Gasteiger partial charge in [0.1, 0.15) is 0 Å². The molecule has 2 atom stereocenters. The molecule has 1 fully saturated rings. The van der Waals surface area contributed by atoms with Gasteiger partial charge in [0.15, 0.2) is 11.0 Å². The number of carbonyl (C=O) groups excluding carboxylic acids is 1. The lowest BCUT2D eigenvalue weighted by Crippen LogP contribution is -2.37. The third-order valence-corrected chi connectivity index (χ3v) is 6.22. The maximum absolute atomic E-state index is 12.5. The highest BCUT2D eigenvalue weighted by atomic mass is 32.2. The minimum absolute atomic E-state index is 0.119. The Bertz CT molecular complexity index is 568. The Morgan fingerprint density at radius 2 is 2.00 bits per heavy atom. The number of rotatable bonds is 10. The Hall–Kier alpha value is -1.08. The van der Waals surface area contributed by atoms with Gasteiger partial charge in [0.05, 0.1) is 11.3 Å². The van der Waals surface area contributed by atoms with Crippen LogP contribution in [0, 0.1) is 0 Å². The first kappa shape index (κ1) is 21.2. The average Bonchev–Trinajstić information content (AvgIpc) is 3.24. The van der Waals surface area contributed by atoms with Crippen LogP contribution in [-0.2, 0) is 11.3 Å². The lowest BCUT2D eigenvalue weighted by Gasteiger charge is -2.23. The number of nitrogens with one attached hydrogen (secondary N) is 1. The van der Waals surface area contributed by atoms with Crippen molar-refractivity contribution in [3.8, 4) is 0 Å². The molecule has 148 valence electrons. The highest BCUT2D eigenvalue weighted by Crippen LogP contribution is 2.28. The molecule has 0 bridgehead atoms. The molecule has 2 unspecified atom stereocenters. The first-order chi connectivity index (χ1) is 12.5. The SMILES string of the molecule is CCCCn1c(SC(C)C(=O)NC2CCCC2)nnc1C(CC)N(C)C. The molecule has 1 heterocycles. The summed E-state index contributed by atoms with van der Waals surface area (Å²) in [5.41, 5.74) is 0. The maximum atomic E-state index is 12.5. The molecule has 0 aliphatic heterocycles. The van der Waals surface area contributed by atoms with Crippen molar-refractivity contribution in [2.75, 3.05) is 14.1 Å². The molecule has 1 aliphatic carbocycles. The van der Waals surface area contributed by atoms with E-state index in [1.54, 1.807) is 0 Å². The van der Waals surface area contributed by atoms with Gasteiger partial charge in [-0.05, 0) is 46.7 Å². The molecular weight excluding hydrogens is 346 g/mol. The molecule has 2 rings (SSSR count). The fraction of sp³-hybridized carbons (Fsp3) is 0.842.